The summed E-state index contributed by atoms with van der Waals surface area (Å²) in [4.78, 5) is 7.46. The molecule has 0 fully saturated rings. The quantitative estimate of drug-likeness (QED) is 0.678. The first-order valence-corrected chi connectivity index (χ1v) is 8.49. The molecular weight excluding hydrogens is 367 g/mol. The van der Waals surface area contributed by atoms with Crippen molar-refractivity contribution in [3.05, 3.63) is 41.1 Å². The number of nitrogens with two attached hydrogens (primary N) is 1. The van der Waals surface area contributed by atoms with Gasteiger partial charge in [-0.05, 0) is 37.5 Å². The average Bonchev–Trinajstić information content (AvgIpc) is 2.54. The lowest BCUT2D eigenvalue weighted by Crippen LogP contribution is -2.43. The van der Waals surface area contributed by atoms with Crippen LogP contribution in [0.5, 0.6) is 5.75 Å². The molecule has 2 rings (SSSR count). The minimum absolute atomic E-state index is 0.0121. The van der Waals surface area contributed by atoms with Crippen LogP contribution in [0.4, 0.5) is 13.2 Å². The summed E-state index contributed by atoms with van der Waals surface area (Å²) in [6.45, 7) is 5.88. The van der Waals surface area contributed by atoms with Crippen molar-refractivity contribution in [1.82, 2.24) is 9.97 Å². The third-order valence-corrected chi connectivity index (χ3v) is 3.91. The Hall–Kier alpha value is -1.86. The molecular formula is C18H21ClF3N3O. The molecule has 2 aromatic rings. The molecule has 2 N–H and O–H groups in total. The topological polar surface area (TPSA) is 61.0 Å². The van der Waals surface area contributed by atoms with E-state index in [-0.39, 0.29) is 28.8 Å². The molecule has 2 heterocycles. The molecule has 8 heteroatoms. The fraction of sp³-hybridized carbons (Fsp3) is 0.444. The average molecular weight is 388 g/mol. The van der Waals surface area contributed by atoms with Crippen molar-refractivity contribution < 1.29 is 17.9 Å². The van der Waals surface area contributed by atoms with Gasteiger partial charge < -0.3 is 10.5 Å². The number of aromatic nitrogens is 2. The number of rotatable bonds is 7. The molecule has 0 unspecified atom stereocenters. The lowest BCUT2D eigenvalue weighted by molar-refractivity contribution is 0.134. The van der Waals surface area contributed by atoms with Crippen molar-refractivity contribution in [2.75, 3.05) is 6.61 Å². The summed E-state index contributed by atoms with van der Waals surface area (Å²) in [6.07, 6.45) is -0.941. The minimum atomic E-state index is -2.89. The Morgan fingerprint density at radius 2 is 1.96 bits per heavy atom. The third kappa shape index (κ3) is 5.08. The second-order valence-corrected chi connectivity index (χ2v) is 7.24. The molecule has 0 spiro atoms. The van der Waals surface area contributed by atoms with Crippen LogP contribution in [0.15, 0.2) is 24.4 Å². The predicted molar refractivity (Wildman–Crippen MR) is 94.9 cm³/mol. The van der Waals surface area contributed by atoms with Crippen LogP contribution in [0, 0.1) is 11.7 Å². The number of hydrogen-bond donors (Lipinski definition) is 1. The van der Waals surface area contributed by atoms with E-state index in [1.54, 1.807) is 6.92 Å². The Labute approximate surface area is 155 Å². The van der Waals surface area contributed by atoms with Gasteiger partial charge in [-0.15, -0.1) is 0 Å². The molecule has 0 saturated heterocycles. The molecule has 142 valence electrons. The summed E-state index contributed by atoms with van der Waals surface area (Å²) in [6, 6.07) is 4.05. The van der Waals surface area contributed by atoms with Crippen molar-refractivity contribution in [1.29, 1.82) is 0 Å². The monoisotopic (exact) mass is 387 g/mol. The number of hydrogen-bond acceptors (Lipinski definition) is 4. The highest BCUT2D eigenvalue weighted by Gasteiger charge is 2.24. The van der Waals surface area contributed by atoms with Gasteiger partial charge in [0, 0.05) is 17.3 Å². The fourth-order valence-corrected chi connectivity index (χ4v) is 2.90. The second kappa shape index (κ2) is 8.22. The van der Waals surface area contributed by atoms with Crippen molar-refractivity contribution in [2.24, 2.45) is 11.7 Å². The Bertz CT molecular complexity index is 769. The van der Waals surface area contributed by atoms with Crippen LogP contribution >= 0.6 is 11.6 Å². The SMILES string of the molecule is CC(C)C[C@](C)(N)COc1ccc(-c2ccnc(Cl)c2F)nc1C(F)F. The zero-order chi connectivity index (χ0) is 19.5. The van der Waals surface area contributed by atoms with Crippen molar-refractivity contribution >= 4 is 11.6 Å². The van der Waals surface area contributed by atoms with Crippen molar-refractivity contribution in [3.63, 3.8) is 0 Å². The van der Waals surface area contributed by atoms with Crippen molar-refractivity contribution in [2.45, 2.75) is 39.2 Å². The van der Waals surface area contributed by atoms with Crippen LogP contribution in [-0.4, -0.2) is 22.1 Å². The zero-order valence-corrected chi connectivity index (χ0v) is 15.5. The van der Waals surface area contributed by atoms with Crippen LogP contribution in [0.3, 0.4) is 0 Å². The highest BCUT2D eigenvalue weighted by atomic mass is 35.5. The van der Waals surface area contributed by atoms with Crippen LogP contribution in [0.2, 0.25) is 5.15 Å². The van der Waals surface area contributed by atoms with Gasteiger partial charge in [0.2, 0.25) is 0 Å². The minimum Gasteiger partial charge on any atom is -0.490 e. The third-order valence-electron chi connectivity index (χ3n) is 3.65. The lowest BCUT2D eigenvalue weighted by atomic mass is 9.93. The van der Waals surface area contributed by atoms with Crippen LogP contribution in [0.25, 0.3) is 11.3 Å². The molecule has 0 radical (unpaired) electrons. The van der Waals surface area contributed by atoms with E-state index in [1.165, 1.54) is 24.4 Å². The Kier molecular flexibility index (Phi) is 6.47. The van der Waals surface area contributed by atoms with Gasteiger partial charge in [0.1, 0.15) is 18.1 Å². The molecule has 0 aromatic carbocycles. The maximum absolute atomic E-state index is 14.1. The summed E-state index contributed by atoms with van der Waals surface area (Å²) in [5.74, 6) is -0.560. The highest BCUT2D eigenvalue weighted by molar-refractivity contribution is 6.29. The van der Waals surface area contributed by atoms with Gasteiger partial charge >= 0.3 is 0 Å². The molecule has 26 heavy (non-hydrogen) atoms. The van der Waals surface area contributed by atoms with Crippen LogP contribution in [-0.2, 0) is 0 Å². The van der Waals surface area contributed by atoms with Gasteiger partial charge in [-0.1, -0.05) is 25.4 Å². The summed E-state index contributed by atoms with van der Waals surface area (Å²) < 4.78 is 46.4. The van der Waals surface area contributed by atoms with E-state index in [0.29, 0.717) is 12.3 Å². The largest absolute Gasteiger partial charge is 0.490 e. The molecule has 0 aliphatic carbocycles. The molecule has 2 aromatic heterocycles. The first kappa shape index (κ1) is 20.5. The van der Waals surface area contributed by atoms with Gasteiger partial charge in [0.25, 0.3) is 6.43 Å². The highest BCUT2D eigenvalue weighted by Crippen LogP contribution is 2.32. The second-order valence-electron chi connectivity index (χ2n) is 6.88. The normalized spacial score (nSPS) is 13.9. The Morgan fingerprint density at radius 3 is 2.58 bits per heavy atom. The van der Waals surface area contributed by atoms with Gasteiger partial charge in [-0.25, -0.2) is 23.1 Å². The Morgan fingerprint density at radius 1 is 1.27 bits per heavy atom. The molecule has 1 atom stereocenters. The molecule has 4 nitrogen and oxygen atoms in total. The number of ether oxygens (including phenoxy) is 1. The number of alkyl halides is 2. The summed E-state index contributed by atoms with van der Waals surface area (Å²) in [7, 11) is 0. The van der Waals surface area contributed by atoms with E-state index >= 15 is 0 Å². The van der Waals surface area contributed by atoms with E-state index in [9.17, 15) is 13.2 Å². The zero-order valence-electron chi connectivity index (χ0n) is 14.8. The number of pyridine rings is 2. The standard InChI is InChI=1S/C18H21ClF3N3O/c1-10(2)8-18(3,23)9-26-13-5-4-12(25-15(13)17(21)22)11-6-7-24-16(19)14(11)20/h4-7,10,17H,8-9,23H2,1-3H3/t18-/m0/s1. The first-order valence-electron chi connectivity index (χ1n) is 8.12. The molecule has 0 amide bonds. The summed E-state index contributed by atoms with van der Waals surface area (Å²) in [5, 5.41) is -0.351. The van der Waals surface area contributed by atoms with Gasteiger partial charge in [-0.2, -0.15) is 0 Å². The van der Waals surface area contributed by atoms with E-state index < -0.39 is 23.5 Å². The maximum Gasteiger partial charge on any atom is 0.284 e. The predicted octanol–water partition coefficient (Wildman–Crippen LogP) is 5.02. The first-order chi connectivity index (χ1) is 12.1. The van der Waals surface area contributed by atoms with E-state index in [4.69, 9.17) is 22.1 Å². The maximum atomic E-state index is 14.1. The smallest absolute Gasteiger partial charge is 0.284 e. The Balaban J connectivity index is 2.31. The van der Waals surface area contributed by atoms with Gasteiger partial charge in [0.05, 0.1) is 5.69 Å². The van der Waals surface area contributed by atoms with Crippen LogP contribution < -0.4 is 10.5 Å². The molecule has 0 aliphatic rings. The van der Waals surface area contributed by atoms with Crippen LogP contribution in [0.1, 0.15) is 39.3 Å². The van der Waals surface area contributed by atoms with E-state index in [0.717, 1.165) is 0 Å². The van der Waals surface area contributed by atoms with Gasteiger partial charge in [0.15, 0.2) is 11.0 Å². The lowest BCUT2D eigenvalue weighted by Gasteiger charge is -2.27. The summed E-state index contributed by atoms with van der Waals surface area (Å²) >= 11 is 5.64. The van der Waals surface area contributed by atoms with E-state index in [2.05, 4.69) is 9.97 Å². The number of halogens is 4. The summed E-state index contributed by atoms with van der Waals surface area (Å²) in [5.41, 5.74) is 4.91. The van der Waals surface area contributed by atoms with E-state index in [1.807, 2.05) is 13.8 Å². The van der Waals surface area contributed by atoms with Gasteiger partial charge in [-0.3, -0.25) is 0 Å². The number of nitrogens with zero attached hydrogens (tertiary/aromatic N) is 2. The molecule has 0 bridgehead atoms. The molecule has 0 saturated carbocycles. The van der Waals surface area contributed by atoms with Crippen molar-refractivity contribution in [3.8, 4) is 17.0 Å². The fourth-order valence-electron chi connectivity index (χ4n) is 2.74. The molecule has 0 aliphatic heterocycles.